The third-order valence-electron chi connectivity index (χ3n) is 3.04. The molecule has 0 saturated carbocycles. The van der Waals surface area contributed by atoms with E-state index in [1.807, 2.05) is 13.8 Å². The Morgan fingerprint density at radius 1 is 1.30 bits per heavy atom. The standard InChI is InChI=1S/C12H19N3O4S/c1-4-9(5-2)14-20(18,19)12-7-6-10(13-3)8-11(12)15(16)17/h6-9,13-14H,4-5H2,1-3H3. The first-order valence-electron chi connectivity index (χ1n) is 6.34. The Balaban J connectivity index is 3.27. The number of benzene rings is 1. The molecule has 0 amide bonds. The van der Waals surface area contributed by atoms with Gasteiger partial charge in [0.05, 0.1) is 4.92 Å². The van der Waals surface area contributed by atoms with E-state index in [0.717, 1.165) is 0 Å². The molecule has 0 aliphatic rings. The van der Waals surface area contributed by atoms with Crippen molar-refractivity contribution >= 4 is 21.4 Å². The predicted octanol–water partition coefficient (Wildman–Crippen LogP) is 2.10. The van der Waals surface area contributed by atoms with Crippen LogP contribution in [-0.4, -0.2) is 26.4 Å². The Morgan fingerprint density at radius 3 is 2.35 bits per heavy atom. The van der Waals surface area contributed by atoms with Crippen molar-refractivity contribution in [3.8, 4) is 0 Å². The minimum Gasteiger partial charge on any atom is -0.388 e. The molecular weight excluding hydrogens is 282 g/mol. The van der Waals surface area contributed by atoms with Crippen LogP contribution in [0.15, 0.2) is 23.1 Å². The summed E-state index contributed by atoms with van der Waals surface area (Å²) >= 11 is 0. The van der Waals surface area contributed by atoms with Crippen molar-refractivity contribution in [1.29, 1.82) is 0 Å². The Bertz CT molecular complexity index is 582. The fourth-order valence-electron chi connectivity index (χ4n) is 1.78. The Kier molecular flexibility index (Phi) is 5.46. The molecule has 0 aliphatic carbocycles. The summed E-state index contributed by atoms with van der Waals surface area (Å²) in [7, 11) is -2.30. The normalized spacial score (nSPS) is 11.6. The average Bonchev–Trinajstić information content (AvgIpc) is 2.43. The number of nitrogens with zero attached hydrogens (tertiary/aromatic N) is 1. The first-order chi connectivity index (χ1) is 9.35. The van der Waals surface area contributed by atoms with Gasteiger partial charge in [0.1, 0.15) is 0 Å². The Labute approximate surface area is 118 Å². The molecule has 0 fully saturated rings. The smallest absolute Gasteiger partial charge is 0.291 e. The van der Waals surface area contributed by atoms with Crippen molar-refractivity contribution in [3.63, 3.8) is 0 Å². The van der Waals surface area contributed by atoms with Crippen molar-refractivity contribution in [1.82, 2.24) is 4.72 Å². The lowest BCUT2D eigenvalue weighted by Crippen LogP contribution is -2.34. The largest absolute Gasteiger partial charge is 0.388 e. The zero-order chi connectivity index (χ0) is 15.3. The molecule has 0 aliphatic heterocycles. The zero-order valence-electron chi connectivity index (χ0n) is 11.7. The average molecular weight is 301 g/mol. The summed E-state index contributed by atoms with van der Waals surface area (Å²) in [5.41, 5.74) is 0.0495. The van der Waals surface area contributed by atoms with Gasteiger partial charge in [0.2, 0.25) is 10.0 Å². The van der Waals surface area contributed by atoms with Crippen LogP contribution >= 0.6 is 0 Å². The Hall–Kier alpha value is -1.67. The fraction of sp³-hybridized carbons (Fsp3) is 0.500. The van der Waals surface area contributed by atoms with Crippen LogP contribution < -0.4 is 10.0 Å². The second-order valence-electron chi connectivity index (χ2n) is 4.32. The van der Waals surface area contributed by atoms with Crippen molar-refractivity contribution in [2.75, 3.05) is 12.4 Å². The lowest BCUT2D eigenvalue weighted by atomic mass is 10.2. The molecule has 1 rings (SSSR count). The van der Waals surface area contributed by atoms with E-state index in [1.54, 1.807) is 7.05 Å². The number of nitrogens with one attached hydrogen (secondary N) is 2. The predicted molar refractivity (Wildman–Crippen MR) is 77.3 cm³/mol. The maximum absolute atomic E-state index is 12.2. The van der Waals surface area contributed by atoms with E-state index in [-0.39, 0.29) is 10.9 Å². The highest BCUT2D eigenvalue weighted by atomic mass is 32.2. The molecule has 2 N–H and O–H groups in total. The molecule has 0 saturated heterocycles. The zero-order valence-corrected chi connectivity index (χ0v) is 12.5. The third kappa shape index (κ3) is 3.67. The molecule has 0 bridgehead atoms. The highest BCUT2D eigenvalue weighted by molar-refractivity contribution is 7.89. The molecule has 0 atom stereocenters. The summed E-state index contributed by atoms with van der Waals surface area (Å²) < 4.78 is 27.0. The van der Waals surface area contributed by atoms with Crippen molar-refractivity contribution < 1.29 is 13.3 Å². The lowest BCUT2D eigenvalue weighted by molar-refractivity contribution is -0.387. The third-order valence-corrected chi connectivity index (χ3v) is 4.61. The number of nitro benzene ring substituents is 1. The van der Waals surface area contributed by atoms with Crippen LogP contribution in [0.1, 0.15) is 26.7 Å². The van der Waals surface area contributed by atoms with Gasteiger partial charge in [-0.15, -0.1) is 0 Å². The highest BCUT2D eigenvalue weighted by Gasteiger charge is 2.27. The van der Waals surface area contributed by atoms with E-state index in [1.165, 1.54) is 18.2 Å². The SMILES string of the molecule is CCC(CC)NS(=O)(=O)c1ccc(NC)cc1[N+](=O)[O-]. The molecule has 0 spiro atoms. The maximum Gasteiger partial charge on any atom is 0.291 e. The number of anilines is 1. The molecule has 8 heteroatoms. The molecule has 0 unspecified atom stereocenters. The summed E-state index contributed by atoms with van der Waals surface area (Å²) in [6, 6.07) is 3.72. The van der Waals surface area contributed by atoms with Crippen LogP contribution in [0, 0.1) is 10.1 Å². The minimum absolute atomic E-state index is 0.233. The summed E-state index contributed by atoms with van der Waals surface area (Å²) in [6.45, 7) is 3.71. The number of sulfonamides is 1. The summed E-state index contributed by atoms with van der Waals surface area (Å²) in [4.78, 5) is 10.0. The molecule has 7 nitrogen and oxygen atoms in total. The molecule has 112 valence electrons. The molecule has 0 aromatic heterocycles. The van der Waals surface area contributed by atoms with E-state index in [9.17, 15) is 18.5 Å². The van der Waals surface area contributed by atoms with Crippen molar-refractivity contribution in [2.24, 2.45) is 0 Å². The molecule has 1 aromatic rings. The van der Waals surface area contributed by atoms with Crippen molar-refractivity contribution in [2.45, 2.75) is 37.6 Å². The molecule has 20 heavy (non-hydrogen) atoms. The van der Waals surface area contributed by atoms with Gasteiger partial charge in [-0.25, -0.2) is 13.1 Å². The van der Waals surface area contributed by atoms with Gasteiger partial charge in [0.15, 0.2) is 4.90 Å². The van der Waals surface area contributed by atoms with Gasteiger partial charge in [0, 0.05) is 24.8 Å². The van der Waals surface area contributed by atoms with Gasteiger partial charge in [-0.1, -0.05) is 13.8 Å². The second kappa shape index (κ2) is 6.67. The first-order valence-corrected chi connectivity index (χ1v) is 7.82. The topological polar surface area (TPSA) is 101 Å². The highest BCUT2D eigenvalue weighted by Crippen LogP contribution is 2.27. The van der Waals surface area contributed by atoms with Crippen LogP contribution in [0.3, 0.4) is 0 Å². The molecule has 1 aromatic carbocycles. The second-order valence-corrected chi connectivity index (χ2v) is 6.01. The quantitative estimate of drug-likeness (QED) is 0.593. The van der Waals surface area contributed by atoms with Crippen molar-refractivity contribution in [3.05, 3.63) is 28.3 Å². The van der Waals surface area contributed by atoms with Crippen LogP contribution in [-0.2, 0) is 10.0 Å². The van der Waals surface area contributed by atoms with Gasteiger partial charge < -0.3 is 5.32 Å². The van der Waals surface area contributed by atoms with Crippen LogP contribution in [0.2, 0.25) is 0 Å². The van der Waals surface area contributed by atoms with E-state index in [4.69, 9.17) is 0 Å². The number of nitro groups is 1. The summed E-state index contributed by atoms with van der Waals surface area (Å²) in [5.74, 6) is 0. The summed E-state index contributed by atoms with van der Waals surface area (Å²) in [5, 5.41) is 13.8. The number of hydrogen-bond acceptors (Lipinski definition) is 5. The minimum atomic E-state index is -3.90. The van der Waals surface area contributed by atoms with Gasteiger partial charge >= 0.3 is 0 Å². The monoisotopic (exact) mass is 301 g/mol. The molecule has 0 radical (unpaired) electrons. The van der Waals surface area contributed by atoms with Gasteiger partial charge in [-0.2, -0.15) is 0 Å². The van der Waals surface area contributed by atoms with Crippen LogP contribution in [0.25, 0.3) is 0 Å². The molecule has 0 heterocycles. The summed E-state index contributed by atoms with van der Waals surface area (Å²) in [6.07, 6.45) is 1.25. The van der Waals surface area contributed by atoms with E-state index >= 15 is 0 Å². The van der Waals surface area contributed by atoms with E-state index < -0.39 is 20.6 Å². The van der Waals surface area contributed by atoms with E-state index in [2.05, 4.69) is 10.0 Å². The lowest BCUT2D eigenvalue weighted by Gasteiger charge is -2.15. The van der Waals surface area contributed by atoms with Crippen LogP contribution in [0.5, 0.6) is 0 Å². The van der Waals surface area contributed by atoms with Gasteiger partial charge in [-0.05, 0) is 25.0 Å². The Morgan fingerprint density at radius 2 is 1.90 bits per heavy atom. The fourth-order valence-corrected chi connectivity index (χ4v) is 3.34. The van der Waals surface area contributed by atoms with Gasteiger partial charge in [0.25, 0.3) is 5.69 Å². The van der Waals surface area contributed by atoms with Gasteiger partial charge in [-0.3, -0.25) is 10.1 Å². The first kappa shape index (κ1) is 16.4. The number of rotatable bonds is 7. The number of hydrogen-bond donors (Lipinski definition) is 2. The van der Waals surface area contributed by atoms with Crippen LogP contribution in [0.4, 0.5) is 11.4 Å². The molecular formula is C12H19N3O4S. The maximum atomic E-state index is 12.2. The van der Waals surface area contributed by atoms with E-state index in [0.29, 0.717) is 18.5 Å².